The fourth-order valence-electron chi connectivity index (χ4n) is 8.51. The molecule has 0 bridgehead atoms. The number of rotatable bonds is 3. The highest BCUT2D eigenvalue weighted by Gasteiger charge is 2.20. The maximum absolute atomic E-state index is 6.61. The predicted molar refractivity (Wildman–Crippen MR) is 224 cm³/mol. The summed E-state index contributed by atoms with van der Waals surface area (Å²) in [7, 11) is 2.06. The van der Waals surface area contributed by atoms with Gasteiger partial charge in [0.05, 0.1) is 27.8 Å². The first kappa shape index (κ1) is 29.7. The standard InChI is InChI=1S/C49H33N3O/c1-31-12-10-11-27-50(2)46-25-22-38-41-30-35(21-26-47(41)53-49(38)48(31)46)52-43-18-9-7-16-37(43)40-29-33(20-24-45(40)52)32-19-23-44-39(28-32)36-15-6-8-17-42(36)51(44)34-13-4-3-5-14-34/h3-30H,1H2,2H3/b12-10-,27-11-. The quantitative estimate of drug-likeness (QED) is 0.186. The van der Waals surface area contributed by atoms with E-state index < -0.39 is 0 Å². The second-order valence-corrected chi connectivity index (χ2v) is 14.0. The normalized spacial score (nSPS) is 14.4. The van der Waals surface area contributed by atoms with Crippen LogP contribution in [0.5, 0.6) is 0 Å². The Morgan fingerprint density at radius 1 is 0.491 bits per heavy atom. The number of benzene rings is 7. The van der Waals surface area contributed by atoms with Gasteiger partial charge >= 0.3 is 0 Å². The lowest BCUT2D eigenvalue weighted by atomic mass is 9.99. The summed E-state index contributed by atoms with van der Waals surface area (Å²) in [4.78, 5) is 2.12. The average molecular weight is 680 g/mol. The highest BCUT2D eigenvalue weighted by molar-refractivity contribution is 6.14. The number of aromatic nitrogens is 2. The molecule has 3 aromatic heterocycles. The fraction of sp³-hybridized carbons (Fsp3) is 0.0204. The second-order valence-electron chi connectivity index (χ2n) is 14.0. The molecule has 0 fully saturated rings. The van der Waals surface area contributed by atoms with E-state index in [0.29, 0.717) is 0 Å². The zero-order valence-electron chi connectivity index (χ0n) is 29.1. The van der Waals surface area contributed by atoms with Gasteiger partial charge in [0.15, 0.2) is 0 Å². The van der Waals surface area contributed by atoms with Crippen molar-refractivity contribution in [2.24, 2.45) is 0 Å². The molecule has 0 unspecified atom stereocenters. The van der Waals surface area contributed by atoms with E-state index in [1.807, 2.05) is 18.2 Å². The van der Waals surface area contributed by atoms with Crippen LogP contribution in [0.2, 0.25) is 0 Å². The van der Waals surface area contributed by atoms with E-state index in [4.69, 9.17) is 4.42 Å². The summed E-state index contributed by atoms with van der Waals surface area (Å²) in [6.07, 6.45) is 8.17. The largest absolute Gasteiger partial charge is 0.455 e. The van der Waals surface area contributed by atoms with E-state index in [0.717, 1.165) is 44.4 Å². The number of anilines is 1. The van der Waals surface area contributed by atoms with Gasteiger partial charge in [0.25, 0.3) is 0 Å². The Kier molecular flexibility index (Phi) is 6.29. The molecular formula is C49H33N3O. The minimum Gasteiger partial charge on any atom is -0.455 e. The Hall–Kier alpha value is -7.04. The predicted octanol–water partition coefficient (Wildman–Crippen LogP) is 13.0. The van der Waals surface area contributed by atoms with E-state index in [9.17, 15) is 0 Å². The summed E-state index contributed by atoms with van der Waals surface area (Å²) < 4.78 is 11.4. The smallest absolute Gasteiger partial charge is 0.145 e. The van der Waals surface area contributed by atoms with Crippen molar-refractivity contribution in [3.05, 3.63) is 182 Å². The third-order valence-corrected chi connectivity index (χ3v) is 11.0. The first-order valence-electron chi connectivity index (χ1n) is 18.0. The minimum absolute atomic E-state index is 0.862. The van der Waals surface area contributed by atoms with Crippen LogP contribution in [0.15, 0.2) is 181 Å². The number of hydrogen-bond donors (Lipinski definition) is 0. The lowest BCUT2D eigenvalue weighted by Gasteiger charge is -2.20. The van der Waals surface area contributed by atoms with Crippen LogP contribution in [0.4, 0.5) is 5.69 Å². The lowest BCUT2D eigenvalue weighted by Crippen LogP contribution is -2.10. The number of allylic oxidation sites excluding steroid dienone is 4. The van der Waals surface area contributed by atoms with Crippen LogP contribution < -0.4 is 4.90 Å². The van der Waals surface area contributed by atoms with Crippen LogP contribution >= 0.6 is 0 Å². The molecule has 11 rings (SSSR count). The van der Waals surface area contributed by atoms with Gasteiger partial charge in [-0.2, -0.15) is 0 Å². The van der Waals surface area contributed by atoms with E-state index in [2.05, 4.69) is 179 Å². The van der Waals surface area contributed by atoms with Crippen molar-refractivity contribution in [2.45, 2.75) is 0 Å². The van der Waals surface area contributed by atoms with Crippen LogP contribution in [-0.2, 0) is 0 Å². The third kappa shape index (κ3) is 4.36. The second kappa shape index (κ2) is 11.2. The molecule has 10 aromatic rings. The van der Waals surface area contributed by atoms with Crippen LogP contribution in [-0.4, -0.2) is 16.2 Å². The Morgan fingerprint density at radius 2 is 1.11 bits per heavy atom. The van der Waals surface area contributed by atoms with E-state index in [-0.39, 0.29) is 0 Å². The molecular weight excluding hydrogens is 647 g/mol. The monoisotopic (exact) mass is 679 g/mol. The van der Waals surface area contributed by atoms with E-state index in [1.165, 1.54) is 60.4 Å². The first-order chi connectivity index (χ1) is 26.1. The maximum Gasteiger partial charge on any atom is 0.145 e. The molecule has 0 saturated carbocycles. The number of furan rings is 1. The zero-order valence-corrected chi connectivity index (χ0v) is 29.1. The van der Waals surface area contributed by atoms with E-state index in [1.54, 1.807) is 0 Å². The van der Waals surface area contributed by atoms with E-state index >= 15 is 0 Å². The van der Waals surface area contributed by atoms with Crippen molar-refractivity contribution in [1.29, 1.82) is 0 Å². The number of nitrogens with zero attached hydrogens (tertiary/aromatic N) is 3. The van der Waals surface area contributed by atoms with Gasteiger partial charge in [0.2, 0.25) is 0 Å². The number of fused-ring (bicyclic) bond motifs is 11. The summed E-state index contributed by atoms with van der Waals surface area (Å²) in [6.45, 7) is 4.40. The van der Waals surface area contributed by atoms with Crippen LogP contribution in [0.1, 0.15) is 5.56 Å². The van der Waals surface area contributed by atoms with Gasteiger partial charge in [-0.05, 0) is 102 Å². The molecule has 0 N–H and O–H groups in total. The summed E-state index contributed by atoms with van der Waals surface area (Å²) in [5.41, 5.74) is 14.2. The summed E-state index contributed by atoms with van der Waals surface area (Å²) in [5.74, 6) is 0. The van der Waals surface area contributed by atoms with Crippen molar-refractivity contribution < 1.29 is 4.42 Å². The first-order valence-corrected chi connectivity index (χ1v) is 18.0. The molecule has 0 amide bonds. The molecule has 0 spiro atoms. The fourth-order valence-corrected chi connectivity index (χ4v) is 8.51. The molecule has 0 atom stereocenters. The number of para-hydroxylation sites is 3. The minimum atomic E-state index is 0.862. The Morgan fingerprint density at radius 3 is 1.81 bits per heavy atom. The van der Waals surface area contributed by atoms with Crippen molar-refractivity contribution in [3.8, 4) is 22.5 Å². The molecule has 53 heavy (non-hydrogen) atoms. The van der Waals surface area contributed by atoms with Gasteiger partial charge in [0, 0.05) is 62.5 Å². The van der Waals surface area contributed by atoms with Crippen LogP contribution in [0.3, 0.4) is 0 Å². The van der Waals surface area contributed by atoms with Gasteiger partial charge in [0.1, 0.15) is 11.2 Å². The average Bonchev–Trinajstić information content (AvgIpc) is 3.85. The van der Waals surface area contributed by atoms with Gasteiger partial charge in [-0.15, -0.1) is 0 Å². The summed E-state index contributed by atoms with van der Waals surface area (Å²) in [5, 5.41) is 7.12. The molecule has 1 aliphatic heterocycles. The Balaban J connectivity index is 1.08. The molecule has 4 nitrogen and oxygen atoms in total. The van der Waals surface area contributed by atoms with Gasteiger partial charge in [-0.25, -0.2) is 0 Å². The van der Waals surface area contributed by atoms with Crippen LogP contribution in [0.25, 0.3) is 93.6 Å². The summed E-state index contributed by atoms with van der Waals surface area (Å²) >= 11 is 0. The highest BCUT2D eigenvalue weighted by atomic mass is 16.3. The molecule has 250 valence electrons. The zero-order chi connectivity index (χ0) is 35.2. The molecule has 4 heterocycles. The Labute approximate surface area is 306 Å². The maximum atomic E-state index is 6.61. The molecule has 7 aromatic carbocycles. The van der Waals surface area contributed by atoms with Crippen LogP contribution in [0, 0.1) is 0 Å². The van der Waals surface area contributed by atoms with Gasteiger partial charge in [-0.1, -0.05) is 85.5 Å². The van der Waals surface area contributed by atoms with Gasteiger partial charge in [-0.3, -0.25) is 0 Å². The summed E-state index contributed by atoms with van der Waals surface area (Å²) in [6, 6.07) is 52.8. The molecule has 0 aliphatic carbocycles. The van der Waals surface area contributed by atoms with Crippen molar-refractivity contribution in [1.82, 2.24) is 9.13 Å². The van der Waals surface area contributed by atoms with Crippen molar-refractivity contribution in [3.63, 3.8) is 0 Å². The highest BCUT2D eigenvalue weighted by Crippen LogP contribution is 2.42. The Bertz CT molecular complexity index is 3200. The molecule has 0 saturated heterocycles. The molecule has 0 radical (unpaired) electrons. The lowest BCUT2D eigenvalue weighted by molar-refractivity contribution is 0.667. The number of hydrogen-bond acceptors (Lipinski definition) is 2. The molecule has 4 heteroatoms. The van der Waals surface area contributed by atoms with Crippen molar-refractivity contribution >= 4 is 76.8 Å². The molecule has 1 aliphatic rings. The topological polar surface area (TPSA) is 26.2 Å². The van der Waals surface area contributed by atoms with Gasteiger partial charge < -0.3 is 18.5 Å². The third-order valence-electron chi connectivity index (χ3n) is 11.0. The van der Waals surface area contributed by atoms with Crippen molar-refractivity contribution in [2.75, 3.05) is 11.9 Å². The SMILES string of the molecule is C=C1/C=C\C=C/N(C)c2ccc3c(oc4ccc(-n5c6ccccc6c6cc(-c7ccc8c(c7)c7ccccc7n8-c7ccccc7)ccc65)cc43)c21.